The van der Waals surface area contributed by atoms with Gasteiger partial charge in [-0.1, -0.05) is 26.0 Å². The van der Waals surface area contributed by atoms with E-state index in [1.807, 2.05) is 13.0 Å². The minimum atomic E-state index is -0.173. The summed E-state index contributed by atoms with van der Waals surface area (Å²) in [5.41, 5.74) is 7.24. The molecule has 1 aliphatic carbocycles. The van der Waals surface area contributed by atoms with Crippen LogP contribution in [0.1, 0.15) is 51.6 Å². The molecule has 2 atom stereocenters. The Labute approximate surface area is 122 Å². The van der Waals surface area contributed by atoms with Crippen LogP contribution in [0.15, 0.2) is 24.3 Å². The third-order valence-corrected chi connectivity index (χ3v) is 4.03. The summed E-state index contributed by atoms with van der Waals surface area (Å²) < 4.78 is 13.5. The number of hydrogen-bond donors (Lipinski definition) is 1. The summed E-state index contributed by atoms with van der Waals surface area (Å²) in [6, 6.07) is 7.68. The first-order valence-corrected chi connectivity index (χ1v) is 7.76. The van der Waals surface area contributed by atoms with Gasteiger partial charge in [0, 0.05) is 18.1 Å². The molecule has 1 aliphatic rings. The highest BCUT2D eigenvalue weighted by atomic mass is 19.1. The van der Waals surface area contributed by atoms with Gasteiger partial charge in [0.25, 0.3) is 0 Å². The van der Waals surface area contributed by atoms with Gasteiger partial charge in [-0.2, -0.15) is 0 Å². The Kier molecular flexibility index (Phi) is 5.17. The number of halogens is 1. The molecule has 0 radical (unpaired) electrons. The van der Waals surface area contributed by atoms with Crippen LogP contribution in [-0.2, 0) is 0 Å². The number of hydrogen-bond acceptors (Lipinski definition) is 2. The van der Waals surface area contributed by atoms with Gasteiger partial charge in [0.05, 0.1) is 0 Å². The summed E-state index contributed by atoms with van der Waals surface area (Å²) in [7, 11) is 0. The third-order valence-electron chi connectivity index (χ3n) is 4.03. The van der Waals surface area contributed by atoms with Crippen LogP contribution >= 0.6 is 0 Å². The molecular weight excluding hydrogens is 251 g/mol. The average Bonchev–Trinajstić information content (AvgIpc) is 3.17. The van der Waals surface area contributed by atoms with Gasteiger partial charge < -0.3 is 5.73 Å². The minimum absolute atomic E-state index is 0.00422. The summed E-state index contributed by atoms with van der Waals surface area (Å²) in [5.74, 6) is 0.505. The summed E-state index contributed by atoms with van der Waals surface area (Å²) in [6.45, 7) is 7.56. The average molecular weight is 278 g/mol. The fourth-order valence-electron chi connectivity index (χ4n) is 2.85. The molecular formula is C17H27FN2. The van der Waals surface area contributed by atoms with Crippen molar-refractivity contribution in [2.45, 2.75) is 58.2 Å². The molecule has 0 aliphatic heterocycles. The molecule has 2 rings (SSSR count). The zero-order chi connectivity index (χ0) is 14.7. The van der Waals surface area contributed by atoms with Crippen molar-refractivity contribution in [3.8, 4) is 0 Å². The van der Waals surface area contributed by atoms with E-state index in [0.717, 1.165) is 18.5 Å². The van der Waals surface area contributed by atoms with Crippen molar-refractivity contribution in [2.24, 2.45) is 11.7 Å². The Morgan fingerprint density at radius 2 is 2.00 bits per heavy atom. The van der Waals surface area contributed by atoms with E-state index in [0.29, 0.717) is 12.0 Å². The number of benzene rings is 1. The van der Waals surface area contributed by atoms with Crippen LogP contribution in [0.25, 0.3) is 0 Å². The van der Waals surface area contributed by atoms with Crippen LogP contribution < -0.4 is 5.73 Å². The maximum absolute atomic E-state index is 13.5. The molecule has 2 nitrogen and oxygen atoms in total. The van der Waals surface area contributed by atoms with Gasteiger partial charge >= 0.3 is 0 Å². The molecule has 2 unspecified atom stereocenters. The Morgan fingerprint density at radius 1 is 1.30 bits per heavy atom. The maximum Gasteiger partial charge on any atom is 0.123 e. The van der Waals surface area contributed by atoms with Crippen LogP contribution in [0.3, 0.4) is 0 Å². The number of nitrogens with two attached hydrogens (primary N) is 1. The van der Waals surface area contributed by atoms with Crippen LogP contribution in [0, 0.1) is 11.7 Å². The monoisotopic (exact) mass is 278 g/mol. The normalized spacial score (nSPS) is 18.6. The van der Waals surface area contributed by atoms with E-state index in [4.69, 9.17) is 5.73 Å². The first-order valence-electron chi connectivity index (χ1n) is 7.76. The summed E-state index contributed by atoms with van der Waals surface area (Å²) in [6.07, 6.45) is 3.66. The van der Waals surface area contributed by atoms with Crippen molar-refractivity contribution in [1.82, 2.24) is 4.90 Å². The molecule has 0 heterocycles. The van der Waals surface area contributed by atoms with E-state index in [9.17, 15) is 4.39 Å². The molecule has 1 saturated carbocycles. The van der Waals surface area contributed by atoms with Crippen LogP contribution in [0.5, 0.6) is 0 Å². The predicted octanol–water partition coefficient (Wildman–Crippen LogP) is 3.72. The second kappa shape index (κ2) is 6.68. The lowest BCUT2D eigenvalue weighted by atomic mass is 9.97. The summed E-state index contributed by atoms with van der Waals surface area (Å²) in [5, 5.41) is 0. The molecule has 2 N–H and O–H groups in total. The van der Waals surface area contributed by atoms with Crippen molar-refractivity contribution in [3.05, 3.63) is 35.6 Å². The minimum Gasteiger partial charge on any atom is -0.326 e. The molecule has 1 fully saturated rings. The lowest BCUT2D eigenvalue weighted by Gasteiger charge is -2.35. The molecule has 3 heteroatoms. The van der Waals surface area contributed by atoms with E-state index in [2.05, 4.69) is 18.7 Å². The quantitative estimate of drug-likeness (QED) is 0.823. The van der Waals surface area contributed by atoms with E-state index >= 15 is 0 Å². The molecule has 1 aromatic rings. The van der Waals surface area contributed by atoms with Crippen LogP contribution in [-0.4, -0.2) is 23.5 Å². The Hall–Kier alpha value is -0.930. The van der Waals surface area contributed by atoms with E-state index in [1.54, 1.807) is 12.1 Å². The first kappa shape index (κ1) is 15.5. The topological polar surface area (TPSA) is 29.3 Å². The van der Waals surface area contributed by atoms with Crippen LogP contribution in [0.2, 0.25) is 0 Å². The van der Waals surface area contributed by atoms with Gasteiger partial charge in [-0.15, -0.1) is 0 Å². The van der Waals surface area contributed by atoms with Gasteiger partial charge in [-0.25, -0.2) is 4.39 Å². The van der Waals surface area contributed by atoms with Crippen molar-refractivity contribution >= 4 is 0 Å². The highest BCUT2D eigenvalue weighted by Crippen LogP contribution is 2.36. The molecule has 0 amide bonds. The molecule has 0 aromatic heterocycles. The highest BCUT2D eigenvalue weighted by molar-refractivity contribution is 5.22. The Balaban J connectivity index is 2.20. The summed E-state index contributed by atoms with van der Waals surface area (Å²) in [4.78, 5) is 2.50. The van der Waals surface area contributed by atoms with Crippen molar-refractivity contribution < 1.29 is 4.39 Å². The molecule has 112 valence electrons. The fraction of sp³-hybridized carbons (Fsp3) is 0.647. The first-order chi connectivity index (χ1) is 9.49. The summed E-state index contributed by atoms with van der Waals surface area (Å²) >= 11 is 0. The lowest BCUT2D eigenvalue weighted by molar-refractivity contribution is 0.157. The Bertz CT molecular complexity index is 427. The second-order valence-electron chi connectivity index (χ2n) is 6.51. The lowest BCUT2D eigenvalue weighted by Crippen LogP contribution is -2.41. The van der Waals surface area contributed by atoms with Crippen molar-refractivity contribution in [2.75, 3.05) is 6.54 Å². The number of rotatable bonds is 7. The third kappa shape index (κ3) is 4.03. The van der Waals surface area contributed by atoms with E-state index in [-0.39, 0.29) is 17.9 Å². The van der Waals surface area contributed by atoms with E-state index < -0.39 is 0 Å². The molecule has 1 aromatic carbocycles. The van der Waals surface area contributed by atoms with E-state index in [1.165, 1.54) is 18.9 Å². The molecule has 0 bridgehead atoms. The van der Waals surface area contributed by atoms with Crippen LogP contribution in [0.4, 0.5) is 4.39 Å². The zero-order valence-electron chi connectivity index (χ0n) is 12.8. The van der Waals surface area contributed by atoms with Crippen molar-refractivity contribution in [3.63, 3.8) is 0 Å². The standard InChI is InChI=1S/C17H27FN2/c1-12(2)9-10-20(16-7-8-16)17(13(3)19)14-5-4-6-15(18)11-14/h4-6,11-13,16-17H,7-10,19H2,1-3H3. The predicted molar refractivity (Wildman–Crippen MR) is 82.0 cm³/mol. The SMILES string of the molecule is CC(C)CCN(C1CC1)C(c1cccc(F)c1)C(C)N. The van der Waals surface area contributed by atoms with Gasteiger partial charge in [0.2, 0.25) is 0 Å². The van der Waals surface area contributed by atoms with Gasteiger partial charge in [0.1, 0.15) is 5.82 Å². The van der Waals surface area contributed by atoms with Gasteiger partial charge in [-0.3, -0.25) is 4.90 Å². The second-order valence-corrected chi connectivity index (χ2v) is 6.51. The van der Waals surface area contributed by atoms with Crippen molar-refractivity contribution in [1.29, 1.82) is 0 Å². The maximum atomic E-state index is 13.5. The van der Waals surface area contributed by atoms with Gasteiger partial charge in [-0.05, 0) is 56.3 Å². The number of nitrogens with zero attached hydrogens (tertiary/aromatic N) is 1. The molecule has 20 heavy (non-hydrogen) atoms. The highest BCUT2D eigenvalue weighted by Gasteiger charge is 2.36. The Morgan fingerprint density at radius 3 is 2.50 bits per heavy atom. The fourth-order valence-corrected chi connectivity index (χ4v) is 2.85. The molecule has 0 saturated heterocycles. The smallest absolute Gasteiger partial charge is 0.123 e. The zero-order valence-corrected chi connectivity index (χ0v) is 12.8. The van der Waals surface area contributed by atoms with Gasteiger partial charge in [0.15, 0.2) is 0 Å². The molecule has 0 spiro atoms. The largest absolute Gasteiger partial charge is 0.326 e.